The first-order valence-corrected chi connectivity index (χ1v) is 8.51. The van der Waals surface area contributed by atoms with Gasteiger partial charge in [0.1, 0.15) is 5.84 Å². The van der Waals surface area contributed by atoms with Gasteiger partial charge in [0.25, 0.3) is 5.91 Å². The lowest BCUT2D eigenvalue weighted by Gasteiger charge is -2.28. The third-order valence-corrected chi connectivity index (χ3v) is 4.43. The molecule has 0 fully saturated rings. The van der Waals surface area contributed by atoms with E-state index in [0.717, 1.165) is 17.0 Å². The Balaban J connectivity index is 1.73. The average molecular weight is 365 g/mol. The normalized spacial score (nSPS) is 14.7. The molecule has 1 amide bonds. The molecular formula is C19H19N5O3. The Morgan fingerprint density at radius 1 is 1.15 bits per heavy atom. The molecule has 0 bridgehead atoms. The number of rotatable bonds is 3. The van der Waals surface area contributed by atoms with Crippen molar-refractivity contribution in [2.24, 2.45) is 9.98 Å². The van der Waals surface area contributed by atoms with Gasteiger partial charge in [-0.3, -0.25) is 25.0 Å². The Bertz CT molecular complexity index is 983. The van der Waals surface area contributed by atoms with Gasteiger partial charge in [0.05, 0.1) is 32.0 Å². The van der Waals surface area contributed by atoms with Gasteiger partial charge in [0.15, 0.2) is 11.5 Å². The number of hydrogen-bond donors (Lipinski definition) is 1. The van der Waals surface area contributed by atoms with Crippen molar-refractivity contribution < 1.29 is 14.3 Å². The summed E-state index contributed by atoms with van der Waals surface area (Å²) >= 11 is 0. The second-order valence-electron chi connectivity index (χ2n) is 6.22. The van der Waals surface area contributed by atoms with Crippen molar-refractivity contribution in [2.45, 2.75) is 6.92 Å². The Hall–Kier alpha value is -3.42. The van der Waals surface area contributed by atoms with E-state index in [2.05, 4.69) is 20.3 Å². The maximum absolute atomic E-state index is 12.6. The fraction of sp³-hybridized carbons (Fsp3) is 0.263. The summed E-state index contributed by atoms with van der Waals surface area (Å²) in [6, 6.07) is 5.43. The van der Waals surface area contributed by atoms with Crippen LogP contribution in [0.2, 0.25) is 0 Å². The van der Waals surface area contributed by atoms with Crippen LogP contribution in [0.5, 0.6) is 11.5 Å². The quantitative estimate of drug-likeness (QED) is 0.897. The Morgan fingerprint density at radius 2 is 1.93 bits per heavy atom. The highest BCUT2D eigenvalue weighted by atomic mass is 16.5. The zero-order valence-electron chi connectivity index (χ0n) is 15.3. The molecule has 1 aromatic carbocycles. The number of carbonyl (C=O) groups excluding carboxylic acids is 1. The molecule has 0 radical (unpaired) electrons. The second kappa shape index (κ2) is 6.71. The van der Waals surface area contributed by atoms with E-state index >= 15 is 0 Å². The Labute approximate surface area is 156 Å². The number of guanidine groups is 1. The molecule has 1 N–H and O–H groups in total. The lowest BCUT2D eigenvalue weighted by molar-refractivity contribution is 0.0973. The molecule has 0 spiro atoms. The number of amidine groups is 1. The van der Waals surface area contributed by atoms with Gasteiger partial charge in [0, 0.05) is 30.6 Å². The first kappa shape index (κ1) is 17.0. The van der Waals surface area contributed by atoms with Crippen molar-refractivity contribution in [2.75, 3.05) is 27.3 Å². The van der Waals surface area contributed by atoms with Crippen LogP contribution in [-0.2, 0) is 0 Å². The molecule has 2 aliphatic heterocycles. The summed E-state index contributed by atoms with van der Waals surface area (Å²) in [4.78, 5) is 27.8. The van der Waals surface area contributed by atoms with Crippen molar-refractivity contribution in [3.63, 3.8) is 0 Å². The maximum atomic E-state index is 12.6. The number of aliphatic imine (C=N–C) groups is 2. The highest BCUT2D eigenvalue weighted by Gasteiger charge is 2.32. The Kier molecular flexibility index (Phi) is 4.23. The van der Waals surface area contributed by atoms with E-state index in [0.29, 0.717) is 41.8 Å². The zero-order chi connectivity index (χ0) is 19.0. The Morgan fingerprint density at radius 3 is 2.67 bits per heavy atom. The van der Waals surface area contributed by atoms with Crippen molar-refractivity contribution >= 4 is 23.4 Å². The monoisotopic (exact) mass is 365 g/mol. The summed E-state index contributed by atoms with van der Waals surface area (Å²) in [5.74, 6) is 2.12. The van der Waals surface area contributed by atoms with Gasteiger partial charge < -0.3 is 9.47 Å². The molecule has 0 unspecified atom stereocenters. The maximum Gasteiger partial charge on any atom is 0.259 e. The molecule has 4 rings (SSSR count). The number of nitrogens with zero attached hydrogens (tertiary/aromatic N) is 4. The lowest BCUT2D eigenvalue weighted by atomic mass is 10.1. The number of hydrogen-bond acceptors (Lipinski definition) is 7. The summed E-state index contributed by atoms with van der Waals surface area (Å²) in [6.07, 6.45) is 3.24. The predicted octanol–water partition coefficient (Wildman–Crippen LogP) is 1.90. The van der Waals surface area contributed by atoms with E-state index in [9.17, 15) is 4.79 Å². The third kappa shape index (κ3) is 2.99. The summed E-state index contributed by atoms with van der Waals surface area (Å²) < 4.78 is 10.8. The molecule has 0 aliphatic carbocycles. The van der Waals surface area contributed by atoms with E-state index < -0.39 is 0 Å². The summed E-state index contributed by atoms with van der Waals surface area (Å²) in [7, 11) is 3.16. The van der Waals surface area contributed by atoms with Crippen LogP contribution >= 0.6 is 0 Å². The number of aryl methyl sites for hydroxylation is 1. The zero-order valence-corrected chi connectivity index (χ0v) is 15.3. The van der Waals surface area contributed by atoms with Gasteiger partial charge in [-0.1, -0.05) is 0 Å². The number of nitrogens with one attached hydrogen (secondary N) is 1. The molecule has 8 heteroatoms. The van der Waals surface area contributed by atoms with Gasteiger partial charge in [0.2, 0.25) is 5.96 Å². The number of benzene rings is 1. The minimum absolute atomic E-state index is 0.264. The van der Waals surface area contributed by atoms with Gasteiger partial charge in [-0.05, 0) is 24.6 Å². The van der Waals surface area contributed by atoms with Gasteiger partial charge >= 0.3 is 0 Å². The number of carbonyl (C=O) groups is 1. The second-order valence-corrected chi connectivity index (χ2v) is 6.22. The number of pyridine rings is 1. The van der Waals surface area contributed by atoms with Crippen molar-refractivity contribution in [1.29, 1.82) is 0 Å². The SMILES string of the molecule is COc1cc2c(cc1OC)C1=NCCN1C(NC(=O)c1cncc(C)c1)=N2. The highest BCUT2D eigenvalue weighted by Crippen LogP contribution is 2.38. The van der Waals surface area contributed by atoms with Gasteiger partial charge in [-0.15, -0.1) is 0 Å². The van der Waals surface area contributed by atoms with Gasteiger partial charge in [-0.2, -0.15) is 0 Å². The van der Waals surface area contributed by atoms with E-state index in [1.807, 2.05) is 17.9 Å². The van der Waals surface area contributed by atoms with Crippen LogP contribution in [0.15, 0.2) is 40.6 Å². The number of amides is 1. The number of aromatic nitrogens is 1. The van der Waals surface area contributed by atoms with E-state index in [4.69, 9.17) is 9.47 Å². The number of fused-ring (bicyclic) bond motifs is 3. The standard InChI is InChI=1S/C19H19N5O3/c1-11-6-12(10-20-9-11)18(25)23-19-22-14-8-16(27-3)15(26-2)7-13(14)17-21-4-5-24(17)19/h6-10H,4-5H2,1-3H3,(H,22,23,25). The highest BCUT2D eigenvalue weighted by molar-refractivity contribution is 6.19. The molecule has 138 valence electrons. The molecule has 27 heavy (non-hydrogen) atoms. The molecule has 2 aromatic rings. The predicted molar refractivity (Wildman–Crippen MR) is 101 cm³/mol. The van der Waals surface area contributed by atoms with Crippen LogP contribution < -0.4 is 14.8 Å². The molecule has 8 nitrogen and oxygen atoms in total. The molecule has 0 saturated carbocycles. The van der Waals surface area contributed by atoms with E-state index in [-0.39, 0.29) is 5.91 Å². The number of methoxy groups -OCH3 is 2. The van der Waals surface area contributed by atoms with Crippen LogP contribution in [0.3, 0.4) is 0 Å². The summed E-state index contributed by atoms with van der Waals surface area (Å²) in [6.45, 7) is 3.17. The van der Waals surface area contributed by atoms with Crippen LogP contribution in [0.1, 0.15) is 21.5 Å². The van der Waals surface area contributed by atoms with Crippen LogP contribution in [0, 0.1) is 6.92 Å². The molecule has 2 aliphatic rings. The first-order chi connectivity index (χ1) is 13.1. The molecular weight excluding hydrogens is 346 g/mol. The first-order valence-electron chi connectivity index (χ1n) is 8.51. The summed E-state index contributed by atoms with van der Waals surface area (Å²) in [5, 5.41) is 2.88. The summed E-state index contributed by atoms with van der Waals surface area (Å²) in [5.41, 5.74) is 2.91. The van der Waals surface area contributed by atoms with E-state index in [1.165, 1.54) is 6.20 Å². The fourth-order valence-corrected chi connectivity index (χ4v) is 3.15. The lowest BCUT2D eigenvalue weighted by Crippen LogP contribution is -2.47. The smallest absolute Gasteiger partial charge is 0.259 e. The minimum Gasteiger partial charge on any atom is -0.493 e. The van der Waals surface area contributed by atoms with E-state index in [1.54, 1.807) is 32.5 Å². The van der Waals surface area contributed by atoms with Crippen molar-refractivity contribution in [1.82, 2.24) is 15.2 Å². The largest absolute Gasteiger partial charge is 0.493 e. The topological polar surface area (TPSA) is 88.4 Å². The minimum atomic E-state index is -0.264. The molecule has 3 heterocycles. The van der Waals surface area contributed by atoms with Crippen molar-refractivity contribution in [3.05, 3.63) is 47.3 Å². The molecule has 1 aromatic heterocycles. The van der Waals surface area contributed by atoms with Crippen molar-refractivity contribution in [3.8, 4) is 11.5 Å². The average Bonchev–Trinajstić information content (AvgIpc) is 3.17. The molecule has 0 saturated heterocycles. The van der Waals surface area contributed by atoms with Crippen LogP contribution in [-0.4, -0.2) is 54.9 Å². The van der Waals surface area contributed by atoms with Gasteiger partial charge in [-0.25, -0.2) is 4.99 Å². The fourth-order valence-electron chi connectivity index (χ4n) is 3.15. The van der Waals surface area contributed by atoms with Crippen LogP contribution in [0.25, 0.3) is 0 Å². The van der Waals surface area contributed by atoms with Crippen LogP contribution in [0.4, 0.5) is 5.69 Å². The third-order valence-electron chi connectivity index (χ3n) is 4.43. The number of ether oxygens (including phenoxy) is 2. The molecule has 0 atom stereocenters.